The van der Waals surface area contributed by atoms with E-state index in [1.807, 2.05) is 0 Å². The van der Waals surface area contributed by atoms with Crippen LogP contribution in [0.15, 0.2) is 91.0 Å². The molecule has 7 atom stereocenters. The number of hydrogen-bond acceptors (Lipinski definition) is 11. The first-order valence-corrected chi connectivity index (χ1v) is 19.4. The van der Waals surface area contributed by atoms with E-state index in [0.29, 0.717) is 16.7 Å². The molecule has 3 aromatic carbocycles. The van der Waals surface area contributed by atoms with Gasteiger partial charge in [-0.15, -0.1) is 0 Å². The maximum absolute atomic E-state index is 14.1. The summed E-state index contributed by atoms with van der Waals surface area (Å²) in [6.45, 7) is 0.225. The molecule has 12 N–H and O–H groups in total. The fourth-order valence-electron chi connectivity index (χ4n) is 5.94. The van der Waals surface area contributed by atoms with Gasteiger partial charge in [-0.1, -0.05) is 91.0 Å². The van der Waals surface area contributed by atoms with Crippen molar-refractivity contribution >= 4 is 53.4 Å². The second-order valence-electron chi connectivity index (χ2n) is 14.3. The molecule has 0 bridgehead atoms. The molecule has 0 aromatic heterocycles. The molecule has 20 heteroatoms. The van der Waals surface area contributed by atoms with Crippen LogP contribution in [0.1, 0.15) is 42.9 Å². The summed E-state index contributed by atoms with van der Waals surface area (Å²) < 4.78 is 0. The van der Waals surface area contributed by atoms with Crippen LogP contribution in [-0.2, 0) is 62.4 Å². The van der Waals surface area contributed by atoms with E-state index in [2.05, 4.69) is 31.9 Å². The highest BCUT2D eigenvalue weighted by Gasteiger charge is 2.34. The number of carboxylic acids is 3. The van der Waals surface area contributed by atoms with E-state index in [1.54, 1.807) is 91.0 Å². The summed E-state index contributed by atoms with van der Waals surface area (Å²) in [6.07, 6.45) is -2.43. The zero-order valence-electron chi connectivity index (χ0n) is 33.7. The van der Waals surface area contributed by atoms with Crippen LogP contribution in [0.4, 0.5) is 0 Å². The molecule has 0 aliphatic rings. The Morgan fingerprint density at radius 3 is 1.27 bits per heavy atom. The van der Waals surface area contributed by atoms with Gasteiger partial charge in [-0.05, 0) is 36.5 Å². The highest BCUT2D eigenvalue weighted by molar-refractivity contribution is 5.98. The van der Waals surface area contributed by atoms with E-state index >= 15 is 0 Å². The summed E-state index contributed by atoms with van der Waals surface area (Å²) in [4.78, 5) is 116. The van der Waals surface area contributed by atoms with Gasteiger partial charge in [0, 0.05) is 19.3 Å². The number of carbonyl (C=O) groups excluding carboxylic acids is 6. The summed E-state index contributed by atoms with van der Waals surface area (Å²) in [5.74, 6) is -10.3. The Labute approximate surface area is 356 Å². The van der Waals surface area contributed by atoms with Gasteiger partial charge in [0.25, 0.3) is 0 Å². The average Bonchev–Trinajstić information content (AvgIpc) is 3.23. The number of carboxylic acid groups (broad SMARTS) is 3. The lowest BCUT2D eigenvalue weighted by Gasteiger charge is -2.27. The number of nitrogens with two attached hydrogens (primary N) is 1. The molecule has 0 unspecified atom stereocenters. The van der Waals surface area contributed by atoms with Crippen molar-refractivity contribution in [1.82, 2.24) is 31.9 Å². The second kappa shape index (κ2) is 24.8. The summed E-state index contributed by atoms with van der Waals surface area (Å²) in [6, 6.07) is 14.5. The predicted octanol–water partition coefficient (Wildman–Crippen LogP) is -1.61. The van der Waals surface area contributed by atoms with Crippen LogP contribution in [0.2, 0.25) is 0 Å². The largest absolute Gasteiger partial charge is 0.481 e. The molecule has 0 aliphatic heterocycles. The van der Waals surface area contributed by atoms with Crippen LogP contribution in [0.25, 0.3) is 0 Å². The Bertz CT molecular complexity index is 2020. The summed E-state index contributed by atoms with van der Waals surface area (Å²) in [7, 11) is 0. The van der Waals surface area contributed by atoms with Crippen LogP contribution >= 0.6 is 0 Å². The van der Waals surface area contributed by atoms with Gasteiger partial charge in [0.15, 0.2) is 0 Å². The molecule has 0 saturated carbocycles. The molecular formula is C42H51N7O13. The SMILES string of the molecule is C[C@H](NC(=O)[C@H](CO)NC(=O)[C@H](Cc1ccccc1)NC(=O)[C@H](Cc1ccccc1)NC(=O)[C@H](CC(=O)O)NC(=O)[C@H](CCC(=O)O)NC(=O)[C@@H](N)Cc1ccccc1)C(=O)O. The van der Waals surface area contributed by atoms with Crippen LogP contribution in [-0.4, -0.2) is 123 Å². The smallest absolute Gasteiger partial charge is 0.325 e. The van der Waals surface area contributed by atoms with Gasteiger partial charge in [-0.25, -0.2) is 0 Å². The summed E-state index contributed by atoms with van der Waals surface area (Å²) in [5.41, 5.74) is 7.81. The van der Waals surface area contributed by atoms with Gasteiger partial charge in [-0.3, -0.25) is 43.2 Å². The number of rotatable bonds is 25. The molecule has 332 valence electrons. The number of aliphatic carboxylic acids is 3. The van der Waals surface area contributed by atoms with Gasteiger partial charge in [0.05, 0.1) is 19.1 Å². The number of hydrogen-bond donors (Lipinski definition) is 11. The van der Waals surface area contributed by atoms with E-state index < -0.39 is 122 Å². The van der Waals surface area contributed by atoms with Crippen LogP contribution < -0.4 is 37.6 Å². The molecule has 6 amide bonds. The maximum Gasteiger partial charge on any atom is 0.325 e. The number of carbonyl (C=O) groups is 9. The van der Waals surface area contributed by atoms with Crippen LogP contribution in [0, 0.1) is 0 Å². The molecule has 0 fully saturated rings. The van der Waals surface area contributed by atoms with E-state index in [9.17, 15) is 63.6 Å². The Morgan fingerprint density at radius 1 is 0.484 bits per heavy atom. The van der Waals surface area contributed by atoms with E-state index in [-0.39, 0.29) is 19.3 Å². The fraction of sp³-hybridized carbons (Fsp3) is 0.357. The molecule has 20 nitrogen and oxygen atoms in total. The van der Waals surface area contributed by atoms with Crippen molar-refractivity contribution in [3.8, 4) is 0 Å². The Hall–Kier alpha value is -7.19. The van der Waals surface area contributed by atoms with Crippen molar-refractivity contribution in [3.63, 3.8) is 0 Å². The Balaban J connectivity index is 1.89. The molecular weight excluding hydrogens is 810 g/mol. The van der Waals surface area contributed by atoms with Crippen molar-refractivity contribution in [2.24, 2.45) is 5.73 Å². The van der Waals surface area contributed by atoms with Gasteiger partial charge >= 0.3 is 17.9 Å². The minimum atomic E-state index is -1.88. The minimum absolute atomic E-state index is 0.0616. The van der Waals surface area contributed by atoms with Gasteiger partial charge in [0.1, 0.15) is 36.3 Å². The molecule has 3 rings (SSSR count). The quantitative estimate of drug-likeness (QED) is 0.0457. The average molecular weight is 862 g/mol. The summed E-state index contributed by atoms with van der Waals surface area (Å²) in [5, 5.41) is 52.2. The number of amides is 6. The van der Waals surface area contributed by atoms with Crippen molar-refractivity contribution < 1.29 is 63.6 Å². The van der Waals surface area contributed by atoms with Crippen LogP contribution in [0.3, 0.4) is 0 Å². The first kappa shape index (κ1) is 49.2. The lowest BCUT2D eigenvalue weighted by molar-refractivity contribution is -0.142. The maximum atomic E-state index is 14.1. The molecule has 3 aromatic rings. The van der Waals surface area contributed by atoms with Crippen molar-refractivity contribution in [1.29, 1.82) is 0 Å². The zero-order chi connectivity index (χ0) is 45.8. The first-order chi connectivity index (χ1) is 29.5. The third-order valence-corrected chi connectivity index (χ3v) is 9.30. The third kappa shape index (κ3) is 16.8. The molecule has 0 spiro atoms. The highest BCUT2D eigenvalue weighted by Crippen LogP contribution is 2.10. The van der Waals surface area contributed by atoms with Crippen molar-refractivity contribution in [2.75, 3.05) is 6.61 Å². The highest BCUT2D eigenvalue weighted by atomic mass is 16.4. The Morgan fingerprint density at radius 2 is 0.855 bits per heavy atom. The molecule has 62 heavy (non-hydrogen) atoms. The van der Waals surface area contributed by atoms with Gasteiger partial charge in [-0.2, -0.15) is 0 Å². The molecule has 0 radical (unpaired) electrons. The lowest BCUT2D eigenvalue weighted by Crippen LogP contribution is -2.61. The number of benzene rings is 3. The van der Waals surface area contributed by atoms with E-state index in [1.165, 1.54) is 6.92 Å². The lowest BCUT2D eigenvalue weighted by atomic mass is 10.0. The Kier molecular flexibility index (Phi) is 19.7. The number of aliphatic hydroxyl groups is 1. The standard InChI is InChI=1S/C42H51N7O13/c1-24(42(61)62)44-41(60)33(23-50)49-39(58)31(21-27-15-9-4-10-16-27)46-38(57)30(20-26-13-7-3-8-14-26)47-40(59)32(22-35(53)54)48-37(56)29(17-18-34(51)52)45-36(55)28(43)19-25-11-5-2-6-12-25/h2-16,24,28-33,50H,17-23,43H2,1H3,(H,44,60)(H,45,55)(H,46,57)(H,47,59)(H,48,56)(H,49,58)(H,51,52)(H,53,54)(H,61,62)/t24-,28-,29-,30-,31-,32-,33-/m0/s1. The minimum Gasteiger partial charge on any atom is -0.481 e. The van der Waals surface area contributed by atoms with E-state index in [0.717, 1.165) is 0 Å². The zero-order valence-corrected chi connectivity index (χ0v) is 33.7. The first-order valence-electron chi connectivity index (χ1n) is 19.4. The normalized spacial score (nSPS) is 14.2. The van der Waals surface area contributed by atoms with Crippen molar-refractivity contribution in [3.05, 3.63) is 108 Å². The second-order valence-corrected chi connectivity index (χ2v) is 14.3. The third-order valence-electron chi connectivity index (χ3n) is 9.30. The van der Waals surface area contributed by atoms with Crippen molar-refractivity contribution in [2.45, 2.75) is 87.7 Å². The molecule has 0 heterocycles. The summed E-state index contributed by atoms with van der Waals surface area (Å²) >= 11 is 0. The monoisotopic (exact) mass is 861 g/mol. The number of aliphatic hydroxyl groups excluding tert-OH is 1. The van der Waals surface area contributed by atoms with Gasteiger partial charge in [0.2, 0.25) is 35.4 Å². The van der Waals surface area contributed by atoms with Crippen LogP contribution in [0.5, 0.6) is 0 Å². The number of nitrogens with one attached hydrogen (secondary N) is 6. The molecule has 0 aliphatic carbocycles. The predicted molar refractivity (Wildman–Crippen MR) is 220 cm³/mol. The van der Waals surface area contributed by atoms with E-state index in [4.69, 9.17) is 5.73 Å². The van der Waals surface area contributed by atoms with Gasteiger partial charge < -0.3 is 58.1 Å². The fourth-order valence-corrected chi connectivity index (χ4v) is 5.94. The topological polar surface area (TPSA) is 333 Å². The molecule has 0 saturated heterocycles.